The lowest BCUT2D eigenvalue weighted by Gasteiger charge is -2.22. The molecule has 2 heterocycles. The summed E-state index contributed by atoms with van der Waals surface area (Å²) in [5.74, 6) is 0.504. The van der Waals surface area contributed by atoms with E-state index in [0.717, 1.165) is 44.3 Å². The Labute approximate surface area is 142 Å². The van der Waals surface area contributed by atoms with E-state index in [0.29, 0.717) is 18.0 Å². The molecule has 4 rings (SSSR count). The summed E-state index contributed by atoms with van der Waals surface area (Å²) in [4.78, 5) is 19.7. The van der Waals surface area contributed by atoms with Gasteiger partial charge in [-0.2, -0.15) is 0 Å². The zero-order valence-corrected chi connectivity index (χ0v) is 14.0. The Morgan fingerprint density at radius 1 is 1.08 bits per heavy atom. The molecule has 0 atom stereocenters. The molecule has 1 aromatic heterocycles. The third kappa shape index (κ3) is 2.66. The normalized spacial score (nSPS) is 16.3. The molecule has 2 aromatic rings. The number of benzene rings is 1. The van der Waals surface area contributed by atoms with Gasteiger partial charge in [-0.3, -0.25) is 4.79 Å². The minimum Gasteiger partial charge on any atom is -0.480 e. The highest BCUT2D eigenvalue weighted by molar-refractivity contribution is 5.96. The summed E-state index contributed by atoms with van der Waals surface area (Å²) in [6.07, 6.45) is 5.12. The molecule has 0 N–H and O–H groups in total. The topological polar surface area (TPSA) is 42.4 Å². The lowest BCUT2D eigenvalue weighted by molar-refractivity contribution is 0.0741. The number of carbonyl (C=O) groups is 1. The number of rotatable bonds is 2. The van der Waals surface area contributed by atoms with Crippen LogP contribution < -0.4 is 4.74 Å². The quantitative estimate of drug-likeness (QED) is 0.853. The van der Waals surface area contributed by atoms with Crippen molar-refractivity contribution in [2.75, 3.05) is 13.7 Å². The molecule has 1 aliphatic heterocycles. The molecule has 2 aliphatic rings. The minimum absolute atomic E-state index is 0.0331. The number of fused-ring (bicyclic) bond motifs is 2. The standard InChI is InChI=1S/C20H22N2O2/c1-24-19-17(12-15-8-4-10-18(15)21-19)20(23)22-11-5-9-14-6-2-3-7-16(14)13-22/h2-3,6-7,12H,4-5,8-11,13H2,1H3. The van der Waals surface area contributed by atoms with Gasteiger partial charge in [0.2, 0.25) is 5.88 Å². The van der Waals surface area contributed by atoms with Gasteiger partial charge in [-0.05, 0) is 54.9 Å². The van der Waals surface area contributed by atoms with Gasteiger partial charge in [0.1, 0.15) is 5.56 Å². The summed E-state index contributed by atoms with van der Waals surface area (Å²) in [6, 6.07) is 10.4. The maximum atomic E-state index is 13.1. The number of aromatic nitrogens is 1. The first-order valence-corrected chi connectivity index (χ1v) is 8.69. The minimum atomic E-state index is 0.0331. The number of pyridine rings is 1. The number of hydrogen-bond acceptors (Lipinski definition) is 3. The molecule has 0 spiro atoms. The van der Waals surface area contributed by atoms with Crippen LogP contribution in [0.2, 0.25) is 0 Å². The van der Waals surface area contributed by atoms with E-state index in [1.807, 2.05) is 17.0 Å². The summed E-state index contributed by atoms with van der Waals surface area (Å²) < 4.78 is 5.42. The maximum absolute atomic E-state index is 13.1. The molecule has 0 saturated heterocycles. The van der Waals surface area contributed by atoms with E-state index in [9.17, 15) is 4.79 Å². The second-order valence-electron chi connectivity index (χ2n) is 6.60. The number of nitrogens with zero attached hydrogens (tertiary/aromatic N) is 2. The van der Waals surface area contributed by atoms with Crippen molar-refractivity contribution in [3.8, 4) is 5.88 Å². The molecule has 4 nitrogen and oxygen atoms in total. The molecule has 0 radical (unpaired) electrons. The fourth-order valence-corrected chi connectivity index (χ4v) is 3.81. The van der Waals surface area contributed by atoms with Gasteiger partial charge in [-0.15, -0.1) is 0 Å². The zero-order chi connectivity index (χ0) is 16.5. The van der Waals surface area contributed by atoms with Crippen LogP contribution in [0.1, 0.15) is 45.6 Å². The van der Waals surface area contributed by atoms with Crippen molar-refractivity contribution in [2.45, 2.75) is 38.6 Å². The number of methoxy groups -OCH3 is 1. The third-order valence-electron chi connectivity index (χ3n) is 5.08. The Kier molecular flexibility index (Phi) is 3.97. The van der Waals surface area contributed by atoms with Crippen LogP contribution in [0.3, 0.4) is 0 Å². The predicted molar refractivity (Wildman–Crippen MR) is 92.3 cm³/mol. The summed E-state index contributed by atoms with van der Waals surface area (Å²) in [5, 5.41) is 0. The summed E-state index contributed by atoms with van der Waals surface area (Å²) >= 11 is 0. The first-order valence-electron chi connectivity index (χ1n) is 8.69. The Hall–Kier alpha value is -2.36. The smallest absolute Gasteiger partial charge is 0.259 e. The second-order valence-corrected chi connectivity index (χ2v) is 6.60. The van der Waals surface area contributed by atoms with Crippen LogP contribution in [0.15, 0.2) is 30.3 Å². The van der Waals surface area contributed by atoms with Gasteiger partial charge in [0.25, 0.3) is 5.91 Å². The van der Waals surface area contributed by atoms with Crippen LogP contribution >= 0.6 is 0 Å². The second kappa shape index (κ2) is 6.27. The Balaban J connectivity index is 1.66. The Bertz CT molecular complexity index is 785. The van der Waals surface area contributed by atoms with Crippen LogP contribution in [0.25, 0.3) is 0 Å². The number of aryl methyl sites for hydroxylation is 3. The van der Waals surface area contributed by atoms with Crippen LogP contribution in [0, 0.1) is 0 Å². The average Bonchev–Trinajstić information content (AvgIpc) is 2.96. The Morgan fingerprint density at radius 3 is 2.71 bits per heavy atom. The lowest BCUT2D eigenvalue weighted by Crippen LogP contribution is -2.31. The van der Waals surface area contributed by atoms with Crippen molar-refractivity contribution in [1.82, 2.24) is 9.88 Å². The fourth-order valence-electron chi connectivity index (χ4n) is 3.81. The van der Waals surface area contributed by atoms with Gasteiger partial charge < -0.3 is 9.64 Å². The SMILES string of the molecule is COc1nc2c(cc1C(=O)N1CCCc3ccccc3C1)CCC2. The summed E-state index contributed by atoms with van der Waals surface area (Å²) in [7, 11) is 1.60. The molecule has 4 heteroatoms. The van der Waals surface area contributed by atoms with Crippen LogP contribution in [-0.2, 0) is 25.8 Å². The van der Waals surface area contributed by atoms with E-state index in [1.165, 1.54) is 16.7 Å². The number of carbonyl (C=O) groups excluding carboxylic acids is 1. The van der Waals surface area contributed by atoms with Crippen molar-refractivity contribution >= 4 is 5.91 Å². The van der Waals surface area contributed by atoms with Gasteiger partial charge in [-0.25, -0.2) is 4.98 Å². The number of ether oxygens (including phenoxy) is 1. The number of hydrogen-bond donors (Lipinski definition) is 0. The molecule has 1 aliphatic carbocycles. The first-order chi connectivity index (χ1) is 11.8. The lowest BCUT2D eigenvalue weighted by atomic mass is 10.0. The molecular formula is C20H22N2O2. The largest absolute Gasteiger partial charge is 0.480 e. The van der Waals surface area contributed by atoms with Crippen LogP contribution in [-0.4, -0.2) is 29.4 Å². The van der Waals surface area contributed by atoms with Crippen LogP contribution in [0.4, 0.5) is 0 Å². The molecule has 0 fully saturated rings. The van der Waals surface area contributed by atoms with E-state index in [-0.39, 0.29) is 5.91 Å². The zero-order valence-electron chi connectivity index (χ0n) is 14.0. The fraction of sp³-hybridized carbons (Fsp3) is 0.400. The highest BCUT2D eigenvalue weighted by Crippen LogP contribution is 2.28. The van der Waals surface area contributed by atoms with E-state index in [2.05, 4.69) is 23.2 Å². The highest BCUT2D eigenvalue weighted by atomic mass is 16.5. The Morgan fingerprint density at radius 2 is 1.88 bits per heavy atom. The summed E-state index contributed by atoms with van der Waals surface area (Å²) in [5.41, 5.74) is 5.50. The third-order valence-corrected chi connectivity index (χ3v) is 5.08. The van der Waals surface area contributed by atoms with Crippen molar-refractivity contribution in [1.29, 1.82) is 0 Å². The maximum Gasteiger partial charge on any atom is 0.259 e. The van der Waals surface area contributed by atoms with Gasteiger partial charge >= 0.3 is 0 Å². The van der Waals surface area contributed by atoms with E-state index >= 15 is 0 Å². The van der Waals surface area contributed by atoms with Crippen molar-refractivity contribution in [3.05, 3.63) is 58.3 Å². The number of amides is 1. The molecule has 124 valence electrons. The van der Waals surface area contributed by atoms with E-state index < -0.39 is 0 Å². The molecule has 1 aromatic carbocycles. The van der Waals surface area contributed by atoms with Gasteiger partial charge in [-0.1, -0.05) is 24.3 Å². The molecular weight excluding hydrogens is 300 g/mol. The van der Waals surface area contributed by atoms with Crippen molar-refractivity contribution < 1.29 is 9.53 Å². The van der Waals surface area contributed by atoms with Gasteiger partial charge in [0.05, 0.1) is 7.11 Å². The van der Waals surface area contributed by atoms with Crippen molar-refractivity contribution in [3.63, 3.8) is 0 Å². The van der Waals surface area contributed by atoms with E-state index in [1.54, 1.807) is 7.11 Å². The van der Waals surface area contributed by atoms with Crippen LogP contribution in [0.5, 0.6) is 5.88 Å². The molecule has 0 bridgehead atoms. The molecule has 24 heavy (non-hydrogen) atoms. The van der Waals surface area contributed by atoms with Gasteiger partial charge in [0, 0.05) is 18.8 Å². The monoisotopic (exact) mass is 322 g/mol. The van der Waals surface area contributed by atoms with Crippen molar-refractivity contribution in [2.24, 2.45) is 0 Å². The first kappa shape index (κ1) is 15.2. The highest BCUT2D eigenvalue weighted by Gasteiger charge is 2.26. The summed E-state index contributed by atoms with van der Waals surface area (Å²) in [6.45, 7) is 1.43. The predicted octanol–water partition coefficient (Wildman–Crippen LogP) is 3.17. The van der Waals surface area contributed by atoms with E-state index in [4.69, 9.17) is 4.74 Å². The van der Waals surface area contributed by atoms with Gasteiger partial charge in [0.15, 0.2) is 0 Å². The molecule has 0 unspecified atom stereocenters. The average molecular weight is 322 g/mol. The molecule has 0 saturated carbocycles. The molecule has 1 amide bonds.